The van der Waals surface area contributed by atoms with E-state index >= 15 is 0 Å². The Bertz CT molecular complexity index is 1220. The van der Waals surface area contributed by atoms with Gasteiger partial charge >= 0.3 is 0 Å². The molecule has 6 rings (SSSR count). The van der Waals surface area contributed by atoms with E-state index in [-0.39, 0.29) is 6.61 Å². The Morgan fingerprint density at radius 1 is 0.677 bits per heavy atom. The second-order valence-corrected chi connectivity index (χ2v) is 7.73. The average Bonchev–Trinajstić information content (AvgIpc) is 2.83. The third-order valence-corrected chi connectivity index (χ3v) is 6.26. The van der Waals surface area contributed by atoms with Crippen LogP contribution in [0.4, 0.5) is 0 Å². The fraction of sp³-hybridized carbons (Fsp3) is 0.111. The maximum atomic E-state index is 10.4. The molecule has 0 amide bonds. The SMILES string of the molecule is COc1cccc2c1C1(c3ccccc3Oc3cccc(CO)c31)c1ccccc1O2. The van der Waals surface area contributed by atoms with Crippen LogP contribution in [0.25, 0.3) is 0 Å². The molecule has 0 radical (unpaired) electrons. The lowest BCUT2D eigenvalue weighted by Crippen LogP contribution is -2.38. The average molecular weight is 408 g/mol. The molecule has 0 fully saturated rings. The van der Waals surface area contributed by atoms with Crippen LogP contribution >= 0.6 is 0 Å². The van der Waals surface area contributed by atoms with Gasteiger partial charge in [0.05, 0.1) is 24.7 Å². The van der Waals surface area contributed by atoms with Gasteiger partial charge in [0.2, 0.25) is 0 Å². The first-order valence-corrected chi connectivity index (χ1v) is 10.2. The Labute approximate surface area is 180 Å². The molecule has 2 aliphatic rings. The molecule has 4 heteroatoms. The molecule has 31 heavy (non-hydrogen) atoms. The van der Waals surface area contributed by atoms with Crippen molar-refractivity contribution in [1.82, 2.24) is 0 Å². The van der Waals surface area contributed by atoms with Crippen LogP contribution in [0.5, 0.6) is 28.7 Å². The number of fused-ring (bicyclic) bond motifs is 8. The van der Waals surface area contributed by atoms with Crippen LogP contribution in [0.3, 0.4) is 0 Å². The van der Waals surface area contributed by atoms with Crippen molar-refractivity contribution < 1.29 is 19.3 Å². The summed E-state index contributed by atoms with van der Waals surface area (Å²) in [7, 11) is 1.67. The summed E-state index contributed by atoms with van der Waals surface area (Å²) in [5.41, 5.74) is 3.85. The van der Waals surface area contributed by atoms with Crippen molar-refractivity contribution in [3.05, 3.63) is 113 Å². The number of hydrogen-bond acceptors (Lipinski definition) is 4. The van der Waals surface area contributed by atoms with Gasteiger partial charge in [-0.2, -0.15) is 0 Å². The van der Waals surface area contributed by atoms with Gasteiger partial charge in [0.25, 0.3) is 0 Å². The normalized spacial score (nSPS) is 17.5. The molecule has 2 heterocycles. The smallest absolute Gasteiger partial charge is 0.135 e. The molecule has 4 aromatic carbocycles. The van der Waals surface area contributed by atoms with Crippen LogP contribution in [0, 0.1) is 0 Å². The molecular formula is C27H20O4. The van der Waals surface area contributed by atoms with Gasteiger partial charge in [0.15, 0.2) is 0 Å². The van der Waals surface area contributed by atoms with E-state index in [1.165, 1.54) is 0 Å². The summed E-state index contributed by atoms with van der Waals surface area (Å²) in [4.78, 5) is 0. The standard InChI is InChI=1S/C27H20O4/c1-29-22-13-7-15-24-26(22)27(19-10-3-5-12-21(19)31-24)18-9-2-4-11-20(18)30-23-14-6-8-17(16-28)25(23)27/h2-15,28H,16H2,1H3. The zero-order chi connectivity index (χ0) is 21.0. The molecule has 4 nitrogen and oxygen atoms in total. The van der Waals surface area contributed by atoms with Gasteiger partial charge in [0.1, 0.15) is 28.7 Å². The topological polar surface area (TPSA) is 47.9 Å². The van der Waals surface area contributed by atoms with Gasteiger partial charge in [-0.3, -0.25) is 0 Å². The molecule has 2 aliphatic heterocycles. The van der Waals surface area contributed by atoms with Crippen molar-refractivity contribution in [3.63, 3.8) is 0 Å². The van der Waals surface area contributed by atoms with E-state index in [9.17, 15) is 5.11 Å². The summed E-state index contributed by atoms with van der Waals surface area (Å²) in [6.45, 7) is -0.107. The van der Waals surface area contributed by atoms with Crippen LogP contribution < -0.4 is 14.2 Å². The molecule has 1 atom stereocenters. The molecule has 1 unspecified atom stereocenters. The maximum Gasteiger partial charge on any atom is 0.135 e. The lowest BCUT2D eigenvalue weighted by Gasteiger charge is -2.45. The van der Waals surface area contributed by atoms with Crippen molar-refractivity contribution >= 4 is 0 Å². The quantitative estimate of drug-likeness (QED) is 0.394. The first-order chi connectivity index (χ1) is 15.3. The molecular weight excluding hydrogens is 388 g/mol. The molecule has 0 aliphatic carbocycles. The molecule has 152 valence electrons. The summed E-state index contributed by atoms with van der Waals surface area (Å²) in [6.07, 6.45) is 0. The molecule has 0 saturated carbocycles. The molecule has 0 aromatic heterocycles. The molecule has 0 saturated heterocycles. The number of hydrogen-bond donors (Lipinski definition) is 1. The van der Waals surface area contributed by atoms with Crippen LogP contribution in [0.15, 0.2) is 84.9 Å². The minimum absolute atomic E-state index is 0.107. The summed E-state index contributed by atoms with van der Waals surface area (Å²) < 4.78 is 18.6. The number of methoxy groups -OCH3 is 1. The van der Waals surface area contributed by atoms with Crippen LogP contribution in [0.1, 0.15) is 27.8 Å². The second kappa shape index (κ2) is 6.62. The van der Waals surface area contributed by atoms with Gasteiger partial charge in [-0.1, -0.05) is 54.6 Å². The Hall–Kier alpha value is -3.76. The second-order valence-electron chi connectivity index (χ2n) is 7.73. The van der Waals surface area contributed by atoms with E-state index in [1.807, 2.05) is 72.8 Å². The first kappa shape index (κ1) is 18.0. The predicted octanol–water partition coefficient (Wildman–Crippen LogP) is 5.78. The van der Waals surface area contributed by atoms with Gasteiger partial charge in [-0.25, -0.2) is 0 Å². The highest BCUT2D eigenvalue weighted by Crippen LogP contribution is 2.63. The monoisotopic (exact) mass is 408 g/mol. The Kier molecular flexibility index (Phi) is 3.86. The highest BCUT2D eigenvalue weighted by atomic mass is 16.5. The summed E-state index contributed by atoms with van der Waals surface area (Å²) in [5, 5.41) is 10.4. The number of para-hydroxylation sites is 2. The van der Waals surface area contributed by atoms with E-state index in [2.05, 4.69) is 12.1 Å². The molecule has 0 bridgehead atoms. The molecule has 4 aromatic rings. The van der Waals surface area contributed by atoms with Gasteiger partial charge in [0, 0.05) is 16.7 Å². The van der Waals surface area contributed by atoms with Gasteiger partial charge in [-0.05, 0) is 35.9 Å². The lowest BCUT2D eigenvalue weighted by atomic mass is 9.61. The predicted molar refractivity (Wildman–Crippen MR) is 117 cm³/mol. The van der Waals surface area contributed by atoms with E-state index in [0.717, 1.165) is 56.6 Å². The number of aliphatic hydroxyl groups is 1. The van der Waals surface area contributed by atoms with Crippen molar-refractivity contribution in [2.24, 2.45) is 0 Å². The maximum absolute atomic E-state index is 10.4. The minimum Gasteiger partial charge on any atom is -0.496 e. The van der Waals surface area contributed by atoms with Crippen molar-refractivity contribution in [3.8, 4) is 28.7 Å². The summed E-state index contributed by atoms with van der Waals surface area (Å²) in [5.74, 6) is 3.73. The largest absolute Gasteiger partial charge is 0.496 e. The van der Waals surface area contributed by atoms with Crippen molar-refractivity contribution in [2.75, 3.05) is 7.11 Å². The number of rotatable bonds is 2. The van der Waals surface area contributed by atoms with Crippen LogP contribution in [-0.4, -0.2) is 12.2 Å². The Morgan fingerprint density at radius 2 is 1.23 bits per heavy atom. The first-order valence-electron chi connectivity index (χ1n) is 10.2. The zero-order valence-corrected chi connectivity index (χ0v) is 17.0. The number of aliphatic hydroxyl groups excluding tert-OH is 1. The van der Waals surface area contributed by atoms with Gasteiger partial charge < -0.3 is 19.3 Å². The summed E-state index contributed by atoms with van der Waals surface area (Å²) >= 11 is 0. The highest BCUT2D eigenvalue weighted by Gasteiger charge is 2.53. The number of benzene rings is 4. The van der Waals surface area contributed by atoms with Gasteiger partial charge in [-0.15, -0.1) is 0 Å². The van der Waals surface area contributed by atoms with Crippen LogP contribution in [0.2, 0.25) is 0 Å². The fourth-order valence-electron chi connectivity index (χ4n) is 5.13. The number of ether oxygens (including phenoxy) is 3. The van der Waals surface area contributed by atoms with E-state index in [1.54, 1.807) is 7.11 Å². The minimum atomic E-state index is -0.764. The Balaban J connectivity index is 1.89. The molecule has 1 spiro atoms. The zero-order valence-electron chi connectivity index (χ0n) is 17.0. The fourth-order valence-corrected chi connectivity index (χ4v) is 5.13. The highest BCUT2D eigenvalue weighted by molar-refractivity contribution is 5.78. The van der Waals surface area contributed by atoms with Crippen molar-refractivity contribution in [1.29, 1.82) is 0 Å². The van der Waals surface area contributed by atoms with E-state index in [4.69, 9.17) is 14.2 Å². The van der Waals surface area contributed by atoms with Crippen LogP contribution in [-0.2, 0) is 12.0 Å². The molecule has 1 N–H and O–H groups in total. The Morgan fingerprint density at radius 3 is 1.84 bits per heavy atom. The third kappa shape index (κ3) is 2.28. The van der Waals surface area contributed by atoms with Crippen molar-refractivity contribution in [2.45, 2.75) is 12.0 Å². The van der Waals surface area contributed by atoms with E-state index in [0.29, 0.717) is 0 Å². The van der Waals surface area contributed by atoms with E-state index < -0.39 is 5.41 Å². The summed E-state index contributed by atoms with van der Waals surface area (Å²) in [6, 6.07) is 27.8. The lowest BCUT2D eigenvalue weighted by molar-refractivity contribution is 0.277. The third-order valence-electron chi connectivity index (χ3n) is 6.26.